The first-order valence-electron chi connectivity index (χ1n) is 9.06. The van der Waals surface area contributed by atoms with Gasteiger partial charge in [-0.25, -0.2) is 8.42 Å². The standard InChI is InChI=1S/C20H25N3O3S/c1-15-5-3-4-6-19(15)22-27(25,26)18-9-7-16(8-10-18)20(24)23-13-11-17(21-2)12-14-23/h3-10,17,21-22H,11-14H2,1-2H3. The van der Waals surface area contributed by atoms with E-state index in [0.29, 0.717) is 30.4 Å². The first-order chi connectivity index (χ1) is 12.9. The van der Waals surface area contributed by atoms with Gasteiger partial charge in [0.25, 0.3) is 15.9 Å². The molecule has 144 valence electrons. The van der Waals surface area contributed by atoms with E-state index < -0.39 is 10.0 Å². The summed E-state index contributed by atoms with van der Waals surface area (Å²) in [5, 5.41) is 3.24. The number of aryl methyl sites for hydroxylation is 1. The van der Waals surface area contributed by atoms with Crippen LogP contribution in [0.15, 0.2) is 53.4 Å². The predicted octanol–water partition coefficient (Wildman–Crippen LogP) is 2.62. The molecular weight excluding hydrogens is 362 g/mol. The number of sulfonamides is 1. The van der Waals surface area contributed by atoms with Gasteiger partial charge >= 0.3 is 0 Å². The number of piperidine rings is 1. The van der Waals surface area contributed by atoms with Crippen LogP contribution in [0.2, 0.25) is 0 Å². The van der Waals surface area contributed by atoms with E-state index >= 15 is 0 Å². The van der Waals surface area contributed by atoms with Crippen molar-refractivity contribution in [3.63, 3.8) is 0 Å². The first kappa shape index (κ1) is 19.4. The molecule has 0 bridgehead atoms. The Bertz CT molecular complexity index is 902. The lowest BCUT2D eigenvalue weighted by Gasteiger charge is -2.31. The van der Waals surface area contributed by atoms with Crippen molar-refractivity contribution in [2.24, 2.45) is 0 Å². The van der Waals surface area contributed by atoms with E-state index in [1.807, 2.05) is 31.0 Å². The molecule has 0 aliphatic carbocycles. The van der Waals surface area contributed by atoms with Crippen LogP contribution >= 0.6 is 0 Å². The number of rotatable bonds is 5. The summed E-state index contributed by atoms with van der Waals surface area (Å²) in [7, 11) is -1.76. The summed E-state index contributed by atoms with van der Waals surface area (Å²) in [6, 6.07) is 13.8. The van der Waals surface area contributed by atoms with Gasteiger partial charge in [-0.1, -0.05) is 18.2 Å². The van der Waals surface area contributed by atoms with Crippen LogP contribution in [0.4, 0.5) is 5.69 Å². The Hall–Kier alpha value is -2.38. The third-order valence-electron chi connectivity index (χ3n) is 4.99. The van der Waals surface area contributed by atoms with Gasteiger partial charge < -0.3 is 10.2 Å². The van der Waals surface area contributed by atoms with Crippen LogP contribution in [0, 0.1) is 6.92 Å². The summed E-state index contributed by atoms with van der Waals surface area (Å²) in [6.07, 6.45) is 1.85. The lowest BCUT2D eigenvalue weighted by atomic mass is 10.0. The number of hydrogen-bond donors (Lipinski definition) is 2. The Kier molecular flexibility index (Phi) is 5.82. The van der Waals surface area contributed by atoms with Gasteiger partial charge in [-0.3, -0.25) is 9.52 Å². The minimum atomic E-state index is -3.70. The van der Waals surface area contributed by atoms with Crippen LogP contribution in [0.3, 0.4) is 0 Å². The molecule has 1 amide bonds. The van der Waals surface area contributed by atoms with Crippen LogP contribution in [0.5, 0.6) is 0 Å². The second-order valence-corrected chi connectivity index (χ2v) is 8.48. The van der Waals surface area contributed by atoms with Gasteiger partial charge in [0.2, 0.25) is 0 Å². The molecule has 0 atom stereocenters. The summed E-state index contributed by atoms with van der Waals surface area (Å²) in [5.41, 5.74) is 1.90. The van der Waals surface area contributed by atoms with Crippen molar-refractivity contribution in [1.29, 1.82) is 0 Å². The predicted molar refractivity (Wildman–Crippen MR) is 106 cm³/mol. The van der Waals surface area contributed by atoms with Crippen molar-refractivity contribution in [3.8, 4) is 0 Å². The van der Waals surface area contributed by atoms with E-state index in [4.69, 9.17) is 0 Å². The third-order valence-corrected chi connectivity index (χ3v) is 6.37. The maximum absolute atomic E-state index is 12.6. The normalized spacial score (nSPS) is 15.6. The fourth-order valence-electron chi connectivity index (χ4n) is 3.22. The van der Waals surface area contributed by atoms with Crippen LogP contribution in [-0.4, -0.2) is 45.4 Å². The van der Waals surface area contributed by atoms with Crippen molar-refractivity contribution in [3.05, 3.63) is 59.7 Å². The molecule has 1 aliphatic heterocycles. The number of carbonyl (C=O) groups excluding carboxylic acids is 1. The van der Waals surface area contributed by atoms with Gasteiger partial charge in [0, 0.05) is 24.7 Å². The van der Waals surface area contributed by atoms with Crippen LogP contribution < -0.4 is 10.0 Å². The molecule has 0 unspecified atom stereocenters. The average molecular weight is 388 g/mol. The molecule has 2 N–H and O–H groups in total. The fraction of sp³-hybridized carbons (Fsp3) is 0.350. The number of nitrogens with one attached hydrogen (secondary N) is 2. The highest BCUT2D eigenvalue weighted by Gasteiger charge is 2.23. The summed E-state index contributed by atoms with van der Waals surface area (Å²) >= 11 is 0. The molecular formula is C20H25N3O3S. The van der Waals surface area contributed by atoms with Gasteiger partial charge in [0.1, 0.15) is 0 Å². The molecule has 0 aromatic heterocycles. The molecule has 0 radical (unpaired) electrons. The Morgan fingerprint density at radius 2 is 1.67 bits per heavy atom. The number of likely N-dealkylation sites (tertiary alicyclic amines) is 1. The third kappa shape index (κ3) is 4.48. The Labute approximate surface area is 160 Å². The Morgan fingerprint density at radius 3 is 2.26 bits per heavy atom. The van der Waals surface area contributed by atoms with Crippen molar-refractivity contribution < 1.29 is 13.2 Å². The first-order valence-corrected chi connectivity index (χ1v) is 10.5. The van der Waals surface area contributed by atoms with E-state index in [9.17, 15) is 13.2 Å². The number of para-hydroxylation sites is 1. The molecule has 2 aromatic rings. The summed E-state index contributed by atoms with van der Waals surface area (Å²) < 4.78 is 27.8. The highest BCUT2D eigenvalue weighted by molar-refractivity contribution is 7.92. The highest BCUT2D eigenvalue weighted by atomic mass is 32.2. The van der Waals surface area contributed by atoms with Gasteiger partial charge in [-0.2, -0.15) is 0 Å². The molecule has 1 fully saturated rings. The molecule has 0 spiro atoms. The van der Waals surface area contributed by atoms with Gasteiger partial charge in [-0.15, -0.1) is 0 Å². The Morgan fingerprint density at radius 1 is 1.04 bits per heavy atom. The highest BCUT2D eigenvalue weighted by Crippen LogP contribution is 2.20. The summed E-state index contributed by atoms with van der Waals surface area (Å²) in [6.45, 7) is 3.26. The van der Waals surface area contributed by atoms with Crippen molar-refractivity contribution in [1.82, 2.24) is 10.2 Å². The van der Waals surface area contributed by atoms with E-state index in [0.717, 1.165) is 18.4 Å². The molecule has 1 aliphatic rings. The van der Waals surface area contributed by atoms with E-state index in [-0.39, 0.29) is 10.8 Å². The molecule has 0 saturated carbocycles. The van der Waals surface area contributed by atoms with Gasteiger partial charge in [0.15, 0.2) is 0 Å². The van der Waals surface area contributed by atoms with Crippen LogP contribution in [0.25, 0.3) is 0 Å². The van der Waals surface area contributed by atoms with Gasteiger partial charge in [-0.05, 0) is 62.7 Å². The molecule has 1 saturated heterocycles. The molecule has 7 heteroatoms. The van der Waals surface area contributed by atoms with Crippen LogP contribution in [-0.2, 0) is 10.0 Å². The fourth-order valence-corrected chi connectivity index (χ4v) is 4.35. The van der Waals surface area contributed by atoms with Crippen molar-refractivity contribution in [2.45, 2.75) is 30.7 Å². The zero-order chi connectivity index (χ0) is 19.4. The second kappa shape index (κ2) is 8.10. The largest absolute Gasteiger partial charge is 0.339 e. The zero-order valence-corrected chi connectivity index (χ0v) is 16.4. The lowest BCUT2D eigenvalue weighted by molar-refractivity contribution is 0.0707. The topological polar surface area (TPSA) is 78.5 Å². The van der Waals surface area contributed by atoms with Crippen molar-refractivity contribution in [2.75, 3.05) is 24.9 Å². The average Bonchev–Trinajstić information content (AvgIpc) is 2.69. The molecule has 2 aromatic carbocycles. The minimum absolute atomic E-state index is 0.0552. The number of carbonyl (C=O) groups is 1. The molecule has 27 heavy (non-hydrogen) atoms. The number of nitrogens with zero attached hydrogens (tertiary/aromatic N) is 1. The SMILES string of the molecule is CNC1CCN(C(=O)c2ccc(S(=O)(=O)Nc3ccccc3C)cc2)CC1. The number of hydrogen-bond acceptors (Lipinski definition) is 4. The molecule has 3 rings (SSSR count). The number of anilines is 1. The maximum Gasteiger partial charge on any atom is 0.261 e. The Balaban J connectivity index is 1.71. The van der Waals surface area contributed by atoms with Gasteiger partial charge in [0.05, 0.1) is 10.6 Å². The minimum Gasteiger partial charge on any atom is -0.339 e. The second-order valence-electron chi connectivity index (χ2n) is 6.80. The molecule has 6 nitrogen and oxygen atoms in total. The monoisotopic (exact) mass is 387 g/mol. The number of benzene rings is 2. The number of amides is 1. The van der Waals surface area contributed by atoms with E-state index in [1.165, 1.54) is 12.1 Å². The molecule has 1 heterocycles. The van der Waals surface area contributed by atoms with E-state index in [1.54, 1.807) is 24.3 Å². The lowest BCUT2D eigenvalue weighted by Crippen LogP contribution is -2.43. The zero-order valence-electron chi connectivity index (χ0n) is 15.6. The van der Waals surface area contributed by atoms with Crippen LogP contribution in [0.1, 0.15) is 28.8 Å². The van der Waals surface area contributed by atoms with Crippen molar-refractivity contribution >= 4 is 21.6 Å². The summed E-state index contributed by atoms with van der Waals surface area (Å²) in [4.78, 5) is 14.6. The quantitative estimate of drug-likeness (QED) is 0.827. The summed E-state index contributed by atoms with van der Waals surface area (Å²) in [5.74, 6) is -0.0552. The maximum atomic E-state index is 12.6. The van der Waals surface area contributed by atoms with E-state index in [2.05, 4.69) is 10.0 Å². The smallest absolute Gasteiger partial charge is 0.261 e.